The van der Waals surface area contributed by atoms with Gasteiger partial charge in [0.05, 0.1) is 0 Å². The van der Waals surface area contributed by atoms with Gasteiger partial charge in [0.1, 0.15) is 13.2 Å². The Labute approximate surface area is 470 Å². The lowest BCUT2D eigenvalue weighted by molar-refractivity contribution is -0.167. The van der Waals surface area contributed by atoms with Gasteiger partial charge in [-0.2, -0.15) is 0 Å². The minimum absolute atomic E-state index is 0.0864. The number of carbonyl (C=O) groups excluding carboxylic acids is 3. The molecule has 76 heavy (non-hydrogen) atoms. The second kappa shape index (κ2) is 63.9. The summed E-state index contributed by atoms with van der Waals surface area (Å²) < 4.78 is 16.9. The number of allylic oxidation sites excluding steroid dienone is 16. The molecule has 1 unspecified atom stereocenters. The molecular formula is C70H120O6. The van der Waals surface area contributed by atoms with Gasteiger partial charge < -0.3 is 14.2 Å². The maximum Gasteiger partial charge on any atom is 0.306 e. The predicted octanol–water partition coefficient (Wildman–Crippen LogP) is 22.0. The fourth-order valence-corrected chi connectivity index (χ4v) is 8.97. The van der Waals surface area contributed by atoms with Crippen LogP contribution in [0, 0.1) is 0 Å². The van der Waals surface area contributed by atoms with Crippen LogP contribution in [0.5, 0.6) is 0 Å². The van der Waals surface area contributed by atoms with Crippen molar-refractivity contribution in [1.29, 1.82) is 0 Å². The van der Waals surface area contributed by atoms with E-state index < -0.39 is 6.10 Å². The molecule has 0 saturated carbocycles. The van der Waals surface area contributed by atoms with Crippen LogP contribution < -0.4 is 0 Å². The first kappa shape index (κ1) is 72.3. The first-order valence-corrected chi connectivity index (χ1v) is 32.2. The Hall–Kier alpha value is -3.67. The second-order valence-corrected chi connectivity index (χ2v) is 21.3. The highest BCUT2D eigenvalue weighted by atomic mass is 16.6. The summed E-state index contributed by atoms with van der Waals surface area (Å²) in [4.78, 5) is 38.3. The standard InChI is InChI=1S/C70H120O6/c1-4-7-10-13-16-19-22-25-28-30-31-32-33-34-35-36-37-38-39-40-43-45-48-51-54-57-60-63-69(72)75-66-67(65-74-68(71)62-59-56-53-50-47-44-41-27-24-21-18-15-12-9-6-3)76-70(73)64-61-58-55-52-49-46-42-29-26-23-20-17-14-11-8-5-2/h7,10,16,19-20,23,25,27-29,31-32,34-35,41-42,67H,4-6,8-9,11-15,17-18,21-22,24,26,30,33,36-40,43-66H2,1-3H3/b10-7-,19-16-,23-20-,28-25-,32-31-,35-34-,41-27-,42-29-. The summed E-state index contributed by atoms with van der Waals surface area (Å²) in [6, 6.07) is 0. The molecule has 0 aliphatic carbocycles. The van der Waals surface area contributed by atoms with Crippen molar-refractivity contribution >= 4 is 17.9 Å². The number of unbranched alkanes of at least 4 members (excludes halogenated alkanes) is 31. The minimum Gasteiger partial charge on any atom is -0.462 e. The third-order valence-corrected chi connectivity index (χ3v) is 13.8. The van der Waals surface area contributed by atoms with E-state index in [9.17, 15) is 14.4 Å². The predicted molar refractivity (Wildman–Crippen MR) is 330 cm³/mol. The molecule has 0 aromatic heterocycles. The molecule has 1 atom stereocenters. The largest absolute Gasteiger partial charge is 0.462 e. The Morgan fingerprint density at radius 3 is 0.829 bits per heavy atom. The van der Waals surface area contributed by atoms with Crippen LogP contribution in [0.15, 0.2) is 97.2 Å². The van der Waals surface area contributed by atoms with Gasteiger partial charge in [0.15, 0.2) is 6.10 Å². The summed E-state index contributed by atoms with van der Waals surface area (Å²) in [5, 5.41) is 0. The van der Waals surface area contributed by atoms with E-state index >= 15 is 0 Å². The first-order chi connectivity index (χ1) is 37.5. The molecule has 0 radical (unpaired) electrons. The van der Waals surface area contributed by atoms with Crippen molar-refractivity contribution in [3.8, 4) is 0 Å². The summed E-state index contributed by atoms with van der Waals surface area (Å²) in [6.07, 6.45) is 85.5. The quantitative estimate of drug-likeness (QED) is 0.0261. The highest BCUT2D eigenvalue weighted by Gasteiger charge is 2.19. The van der Waals surface area contributed by atoms with Crippen molar-refractivity contribution in [2.24, 2.45) is 0 Å². The zero-order chi connectivity index (χ0) is 55.0. The normalized spacial score (nSPS) is 12.7. The summed E-state index contributed by atoms with van der Waals surface area (Å²) in [7, 11) is 0. The number of carbonyl (C=O) groups is 3. The maximum atomic E-state index is 12.9. The molecule has 6 heteroatoms. The van der Waals surface area contributed by atoms with Gasteiger partial charge in [-0.1, -0.05) is 266 Å². The first-order valence-electron chi connectivity index (χ1n) is 32.2. The van der Waals surface area contributed by atoms with Crippen LogP contribution >= 0.6 is 0 Å². The van der Waals surface area contributed by atoms with Crippen LogP contribution in [-0.4, -0.2) is 37.2 Å². The third kappa shape index (κ3) is 61.2. The number of rotatable bonds is 58. The molecule has 6 nitrogen and oxygen atoms in total. The Kier molecular flexibility index (Phi) is 60.8. The molecule has 0 amide bonds. The molecule has 0 spiro atoms. The van der Waals surface area contributed by atoms with Crippen LogP contribution in [0.1, 0.15) is 310 Å². The zero-order valence-corrected chi connectivity index (χ0v) is 50.0. The van der Waals surface area contributed by atoms with E-state index in [4.69, 9.17) is 14.2 Å². The highest BCUT2D eigenvalue weighted by molar-refractivity contribution is 5.71. The number of esters is 3. The van der Waals surface area contributed by atoms with Crippen LogP contribution in [0.2, 0.25) is 0 Å². The van der Waals surface area contributed by atoms with Gasteiger partial charge in [0.2, 0.25) is 0 Å². The smallest absolute Gasteiger partial charge is 0.306 e. The fourth-order valence-electron chi connectivity index (χ4n) is 8.97. The zero-order valence-electron chi connectivity index (χ0n) is 50.0. The van der Waals surface area contributed by atoms with E-state index in [1.54, 1.807) is 0 Å². The Morgan fingerprint density at radius 1 is 0.276 bits per heavy atom. The molecule has 0 aromatic rings. The molecule has 0 bridgehead atoms. The van der Waals surface area contributed by atoms with Gasteiger partial charge in [-0.25, -0.2) is 0 Å². The van der Waals surface area contributed by atoms with Crippen molar-refractivity contribution in [2.75, 3.05) is 13.2 Å². The molecule has 0 saturated heterocycles. The van der Waals surface area contributed by atoms with Crippen molar-refractivity contribution < 1.29 is 28.6 Å². The summed E-state index contributed by atoms with van der Waals surface area (Å²) in [5.74, 6) is -0.902. The monoisotopic (exact) mass is 1060 g/mol. The van der Waals surface area contributed by atoms with Crippen molar-refractivity contribution in [3.63, 3.8) is 0 Å². The summed E-state index contributed by atoms with van der Waals surface area (Å²) in [6.45, 7) is 6.51. The molecule has 0 aliphatic heterocycles. The lowest BCUT2D eigenvalue weighted by atomic mass is 10.0. The van der Waals surface area contributed by atoms with Gasteiger partial charge in [-0.05, 0) is 122 Å². The third-order valence-electron chi connectivity index (χ3n) is 13.8. The van der Waals surface area contributed by atoms with E-state index in [0.29, 0.717) is 19.3 Å². The van der Waals surface area contributed by atoms with E-state index in [0.717, 1.165) is 122 Å². The van der Waals surface area contributed by atoms with Gasteiger partial charge in [-0.15, -0.1) is 0 Å². The Balaban J connectivity index is 4.33. The molecule has 0 aliphatic rings. The van der Waals surface area contributed by atoms with E-state index in [-0.39, 0.29) is 31.1 Å². The molecule has 0 fully saturated rings. The molecule has 436 valence electrons. The Morgan fingerprint density at radius 2 is 0.513 bits per heavy atom. The van der Waals surface area contributed by atoms with Gasteiger partial charge >= 0.3 is 17.9 Å². The average Bonchev–Trinajstić information content (AvgIpc) is 3.42. The number of ether oxygens (including phenoxy) is 3. The average molecular weight is 1060 g/mol. The SMILES string of the molecule is CC/C=C\C/C=C\C/C=C\C/C=C\C/C=C\CCCCCCCCCCCCCC(=O)OCC(COC(=O)CCCCCCC/C=C\CCCCCCCC)OC(=O)CCCCCCC/C=C\C/C=C\CCCCCC. The molecule has 0 heterocycles. The van der Waals surface area contributed by atoms with Gasteiger partial charge in [-0.3, -0.25) is 14.4 Å². The molecular weight excluding hydrogens is 937 g/mol. The van der Waals surface area contributed by atoms with Crippen molar-refractivity contribution in [3.05, 3.63) is 97.2 Å². The van der Waals surface area contributed by atoms with E-state index in [1.807, 2.05) is 0 Å². The van der Waals surface area contributed by atoms with Crippen LogP contribution in [0.25, 0.3) is 0 Å². The fraction of sp³-hybridized carbons (Fsp3) is 0.729. The highest BCUT2D eigenvalue weighted by Crippen LogP contribution is 2.16. The van der Waals surface area contributed by atoms with Crippen LogP contribution in [0.3, 0.4) is 0 Å². The van der Waals surface area contributed by atoms with Gasteiger partial charge in [0.25, 0.3) is 0 Å². The molecule has 0 N–H and O–H groups in total. The number of hydrogen-bond donors (Lipinski definition) is 0. The van der Waals surface area contributed by atoms with Gasteiger partial charge in [0, 0.05) is 19.3 Å². The Bertz CT molecular complexity index is 1490. The van der Waals surface area contributed by atoms with E-state index in [1.165, 1.54) is 148 Å². The topological polar surface area (TPSA) is 78.9 Å². The molecule has 0 rings (SSSR count). The molecule has 0 aromatic carbocycles. The number of hydrogen-bond acceptors (Lipinski definition) is 6. The summed E-state index contributed by atoms with van der Waals surface area (Å²) in [5.41, 5.74) is 0. The minimum atomic E-state index is -0.791. The van der Waals surface area contributed by atoms with Crippen molar-refractivity contribution in [1.82, 2.24) is 0 Å². The second-order valence-electron chi connectivity index (χ2n) is 21.3. The van der Waals surface area contributed by atoms with Crippen LogP contribution in [-0.2, 0) is 28.6 Å². The van der Waals surface area contributed by atoms with Crippen LogP contribution in [0.4, 0.5) is 0 Å². The maximum absolute atomic E-state index is 12.9. The summed E-state index contributed by atoms with van der Waals surface area (Å²) >= 11 is 0. The lowest BCUT2D eigenvalue weighted by Crippen LogP contribution is -2.30. The van der Waals surface area contributed by atoms with Crippen molar-refractivity contribution in [2.45, 2.75) is 316 Å². The van der Waals surface area contributed by atoms with E-state index in [2.05, 4.69) is 118 Å². The lowest BCUT2D eigenvalue weighted by Gasteiger charge is -2.18.